The number of thiophene rings is 2. The topological polar surface area (TPSA) is 41.6 Å². The van der Waals surface area contributed by atoms with Crippen molar-refractivity contribution in [3.8, 4) is 5.75 Å². The predicted molar refractivity (Wildman–Crippen MR) is 131 cm³/mol. The van der Waals surface area contributed by atoms with E-state index in [1.54, 1.807) is 11.3 Å². The molecule has 6 heteroatoms. The Bertz CT molecular complexity index is 1000. The second-order valence-electron chi connectivity index (χ2n) is 7.96. The van der Waals surface area contributed by atoms with Gasteiger partial charge in [-0.25, -0.2) is 0 Å². The molecule has 1 N–H and O–H groups in total. The number of amides is 1. The maximum absolute atomic E-state index is 12.9. The minimum absolute atomic E-state index is 0.0263. The molecule has 0 unspecified atom stereocenters. The molecule has 4 nitrogen and oxygen atoms in total. The number of carbonyl (C=O) groups excluding carboxylic acids is 1. The van der Waals surface area contributed by atoms with Crippen molar-refractivity contribution in [2.45, 2.75) is 46.1 Å². The summed E-state index contributed by atoms with van der Waals surface area (Å²) < 4.78 is 5.67. The molecule has 1 atom stereocenters. The largest absolute Gasteiger partial charge is 0.494 e. The fraction of sp³-hybridized carbons (Fsp3) is 0.400. The first-order valence-electron chi connectivity index (χ1n) is 11.0. The first-order valence-corrected chi connectivity index (χ1v) is 12.7. The van der Waals surface area contributed by atoms with Gasteiger partial charge < -0.3 is 10.1 Å². The molecular formula is C25H30N2O2S2. The lowest BCUT2D eigenvalue weighted by Crippen LogP contribution is -2.35. The number of rotatable bonds is 7. The summed E-state index contributed by atoms with van der Waals surface area (Å²) in [6, 6.07) is 12.4. The molecule has 1 amide bonds. The number of benzene rings is 1. The second-order valence-corrected chi connectivity index (χ2v) is 10.1. The van der Waals surface area contributed by atoms with E-state index >= 15 is 0 Å². The quantitative estimate of drug-likeness (QED) is 0.434. The monoisotopic (exact) mass is 454 g/mol. The minimum atomic E-state index is -0.0263. The summed E-state index contributed by atoms with van der Waals surface area (Å²) in [7, 11) is 0. The van der Waals surface area contributed by atoms with E-state index in [0.29, 0.717) is 6.61 Å². The van der Waals surface area contributed by atoms with Gasteiger partial charge in [0.15, 0.2) is 0 Å². The van der Waals surface area contributed by atoms with Gasteiger partial charge in [0.05, 0.1) is 17.5 Å². The summed E-state index contributed by atoms with van der Waals surface area (Å²) >= 11 is 3.16. The smallest absolute Gasteiger partial charge is 0.266 e. The van der Waals surface area contributed by atoms with Crippen molar-refractivity contribution in [1.82, 2.24) is 4.90 Å². The number of nitrogens with one attached hydrogen (secondary N) is 1. The van der Waals surface area contributed by atoms with Gasteiger partial charge in [-0.2, -0.15) is 0 Å². The van der Waals surface area contributed by atoms with Gasteiger partial charge in [-0.05, 0) is 81.4 Å². The summed E-state index contributed by atoms with van der Waals surface area (Å²) in [5, 5.41) is 6.15. The van der Waals surface area contributed by atoms with Crippen LogP contribution in [0.1, 0.15) is 63.5 Å². The zero-order chi connectivity index (χ0) is 21.8. The van der Waals surface area contributed by atoms with E-state index in [2.05, 4.69) is 48.3 Å². The summed E-state index contributed by atoms with van der Waals surface area (Å²) in [6.07, 6.45) is 3.72. The van der Waals surface area contributed by atoms with E-state index < -0.39 is 0 Å². The van der Waals surface area contributed by atoms with Crippen LogP contribution in [0.15, 0.2) is 41.8 Å². The van der Waals surface area contributed by atoms with Crippen LogP contribution in [0.3, 0.4) is 0 Å². The van der Waals surface area contributed by atoms with Crippen LogP contribution < -0.4 is 10.1 Å². The van der Waals surface area contributed by atoms with Gasteiger partial charge in [0.1, 0.15) is 10.8 Å². The number of likely N-dealkylation sites (tertiary alicyclic amines) is 1. The Kier molecular flexibility index (Phi) is 7.10. The molecule has 164 valence electrons. The number of hydrogen-bond donors (Lipinski definition) is 1. The van der Waals surface area contributed by atoms with E-state index in [1.807, 2.05) is 24.4 Å². The molecule has 2 aromatic heterocycles. The van der Waals surface area contributed by atoms with Crippen LogP contribution >= 0.6 is 22.7 Å². The Morgan fingerprint density at radius 3 is 2.52 bits per heavy atom. The molecule has 0 bridgehead atoms. The fourth-order valence-electron chi connectivity index (χ4n) is 4.29. The summed E-state index contributed by atoms with van der Waals surface area (Å²) in [5.41, 5.74) is 3.76. The number of hydrogen-bond acceptors (Lipinski definition) is 5. The van der Waals surface area contributed by atoms with E-state index in [0.717, 1.165) is 28.7 Å². The molecule has 1 aromatic carbocycles. The van der Waals surface area contributed by atoms with Gasteiger partial charge in [-0.15, -0.1) is 22.7 Å². The van der Waals surface area contributed by atoms with Gasteiger partial charge in [-0.1, -0.05) is 24.6 Å². The SMILES string of the molecule is CCOc1ccc([C@@H](c2c(NC(=O)c3cccs3)sc(C)c2C)N2CCCCC2)cc1. The highest BCUT2D eigenvalue weighted by atomic mass is 32.1. The molecule has 3 aromatic rings. The first kappa shape index (κ1) is 22.1. The Morgan fingerprint density at radius 1 is 1.13 bits per heavy atom. The fourth-order valence-corrected chi connectivity index (χ4v) is 6.00. The van der Waals surface area contributed by atoms with Gasteiger partial charge in [0.25, 0.3) is 5.91 Å². The van der Waals surface area contributed by atoms with Crippen molar-refractivity contribution in [2.24, 2.45) is 0 Å². The summed E-state index contributed by atoms with van der Waals surface area (Å²) in [5.74, 6) is 0.870. The summed E-state index contributed by atoms with van der Waals surface area (Å²) in [6.45, 7) is 9.15. The third-order valence-electron chi connectivity index (χ3n) is 5.94. The molecule has 4 rings (SSSR count). The van der Waals surface area contributed by atoms with E-state index in [1.165, 1.54) is 52.2 Å². The van der Waals surface area contributed by atoms with E-state index in [-0.39, 0.29) is 11.9 Å². The number of nitrogens with zero attached hydrogens (tertiary/aromatic N) is 1. The Morgan fingerprint density at radius 2 is 1.87 bits per heavy atom. The zero-order valence-electron chi connectivity index (χ0n) is 18.4. The van der Waals surface area contributed by atoms with Crippen LogP contribution in [0.25, 0.3) is 0 Å². The third-order valence-corrected chi connectivity index (χ3v) is 7.95. The Hall–Kier alpha value is -2.15. The molecule has 1 aliphatic heterocycles. The number of anilines is 1. The maximum atomic E-state index is 12.9. The van der Waals surface area contributed by atoms with Crippen molar-refractivity contribution in [3.63, 3.8) is 0 Å². The molecule has 0 saturated carbocycles. The molecule has 0 aliphatic carbocycles. The lowest BCUT2D eigenvalue weighted by atomic mass is 9.93. The average molecular weight is 455 g/mol. The zero-order valence-corrected chi connectivity index (χ0v) is 20.1. The highest BCUT2D eigenvalue weighted by Crippen LogP contribution is 2.43. The molecule has 3 heterocycles. The molecule has 0 radical (unpaired) electrons. The van der Waals surface area contributed by atoms with Crippen LogP contribution in [0, 0.1) is 13.8 Å². The number of carbonyl (C=O) groups is 1. The van der Waals surface area contributed by atoms with Gasteiger partial charge in [-0.3, -0.25) is 9.69 Å². The number of piperidine rings is 1. The Balaban J connectivity index is 1.74. The standard InChI is InChI=1S/C25H30N2O2S2/c1-4-29-20-12-10-19(11-13-20)23(27-14-6-5-7-15-27)22-17(2)18(3)31-25(22)26-24(28)21-9-8-16-30-21/h8-13,16,23H,4-7,14-15H2,1-3H3,(H,26,28)/t23-/m0/s1. The van der Waals surface area contributed by atoms with Crippen LogP contribution in [0.5, 0.6) is 5.75 Å². The van der Waals surface area contributed by atoms with Crippen molar-refractivity contribution >= 4 is 33.6 Å². The van der Waals surface area contributed by atoms with Crippen LogP contribution in [0.2, 0.25) is 0 Å². The highest BCUT2D eigenvalue weighted by molar-refractivity contribution is 7.17. The van der Waals surface area contributed by atoms with Crippen LogP contribution in [-0.2, 0) is 0 Å². The minimum Gasteiger partial charge on any atom is -0.494 e. The number of aryl methyl sites for hydroxylation is 1. The maximum Gasteiger partial charge on any atom is 0.266 e. The van der Waals surface area contributed by atoms with Gasteiger partial charge in [0, 0.05) is 10.4 Å². The predicted octanol–water partition coefficient (Wildman–Crippen LogP) is 6.65. The second kappa shape index (κ2) is 9.98. The molecule has 1 saturated heterocycles. The van der Waals surface area contributed by atoms with E-state index in [4.69, 9.17) is 4.74 Å². The molecule has 1 aliphatic rings. The molecule has 1 fully saturated rings. The average Bonchev–Trinajstić information content (AvgIpc) is 3.41. The lowest BCUT2D eigenvalue weighted by molar-refractivity contribution is 0.103. The lowest BCUT2D eigenvalue weighted by Gasteiger charge is -2.36. The van der Waals surface area contributed by atoms with Crippen molar-refractivity contribution in [3.05, 3.63) is 68.2 Å². The Labute approximate surface area is 192 Å². The molecule has 31 heavy (non-hydrogen) atoms. The molecule has 0 spiro atoms. The van der Waals surface area contributed by atoms with Crippen molar-refractivity contribution in [2.75, 3.05) is 25.0 Å². The normalized spacial score (nSPS) is 15.6. The first-order chi connectivity index (χ1) is 15.1. The van der Waals surface area contributed by atoms with Crippen molar-refractivity contribution in [1.29, 1.82) is 0 Å². The molecular weight excluding hydrogens is 424 g/mol. The van der Waals surface area contributed by atoms with Gasteiger partial charge in [0.2, 0.25) is 0 Å². The number of ether oxygens (including phenoxy) is 1. The van der Waals surface area contributed by atoms with Gasteiger partial charge >= 0.3 is 0 Å². The van der Waals surface area contributed by atoms with E-state index in [9.17, 15) is 4.79 Å². The van der Waals surface area contributed by atoms with Crippen LogP contribution in [0.4, 0.5) is 5.00 Å². The van der Waals surface area contributed by atoms with Crippen LogP contribution in [-0.4, -0.2) is 30.5 Å². The highest BCUT2D eigenvalue weighted by Gasteiger charge is 2.30. The third kappa shape index (κ3) is 4.86. The summed E-state index contributed by atoms with van der Waals surface area (Å²) in [4.78, 5) is 17.4. The van der Waals surface area contributed by atoms with Crippen molar-refractivity contribution < 1.29 is 9.53 Å².